The first kappa shape index (κ1) is 100. The van der Waals surface area contributed by atoms with Crippen LogP contribution in [0, 0.1) is 51.0 Å². The summed E-state index contributed by atoms with van der Waals surface area (Å²) >= 11 is 0. The summed E-state index contributed by atoms with van der Waals surface area (Å²) in [6, 6.07) is 50.4. The number of nitrogens with zero attached hydrogens (tertiary/aromatic N) is 12. The van der Waals surface area contributed by atoms with E-state index in [2.05, 4.69) is 61.6 Å². The summed E-state index contributed by atoms with van der Waals surface area (Å²) in [4.78, 5) is 115. The fourth-order valence-corrected chi connectivity index (χ4v) is 15.3. The maximum absolute atomic E-state index is 13.9. The standard InChI is InChI=1S/4C24H19F4N5O2/c4*1-12(14-6-4-3-5-7-14)33-13(2)20(21(32-33)24(26,27)28)31-23(35)17-11-19(22(29)34)30-18-10-15(25)8-9-16(17)18/h4*3-12H,1-2H3,(H2,29,34)(H,31,35)/t4*12-/m1100/s1. The van der Waals surface area contributed by atoms with Gasteiger partial charge >= 0.3 is 24.7 Å². The highest BCUT2D eigenvalue weighted by Gasteiger charge is 2.45. The van der Waals surface area contributed by atoms with Gasteiger partial charge in [-0.1, -0.05) is 121 Å². The van der Waals surface area contributed by atoms with Crippen LogP contribution in [0.25, 0.3) is 43.6 Å². The third kappa shape index (κ3) is 21.7. The minimum absolute atomic E-state index is 0.0485. The number of carbonyl (C=O) groups excluding carboxylic acids is 8. The maximum Gasteiger partial charge on any atom is 0.437 e. The van der Waals surface area contributed by atoms with Crippen molar-refractivity contribution in [1.29, 1.82) is 0 Å². The van der Waals surface area contributed by atoms with E-state index in [0.29, 0.717) is 0 Å². The minimum atomic E-state index is -4.86. The summed E-state index contributed by atoms with van der Waals surface area (Å²) in [5.41, 5.74) is 14.7. The molecule has 0 saturated heterocycles. The van der Waals surface area contributed by atoms with Crippen molar-refractivity contribution in [2.75, 3.05) is 21.3 Å². The summed E-state index contributed by atoms with van der Waals surface area (Å²) < 4.78 is 226. The highest BCUT2D eigenvalue weighted by Crippen LogP contribution is 2.44. The number of fused-ring (bicyclic) bond motifs is 4. The molecule has 0 saturated carbocycles. The summed E-state index contributed by atoms with van der Waals surface area (Å²) in [7, 11) is 0. The molecular formula is C96H76F16N20O8. The van der Waals surface area contributed by atoms with E-state index in [-0.39, 0.29) is 111 Å². The average molecular weight is 1940 g/mol. The van der Waals surface area contributed by atoms with E-state index in [1.807, 2.05) is 0 Å². The van der Waals surface area contributed by atoms with Gasteiger partial charge in [0.1, 0.15) is 46.0 Å². The number of nitrogens with two attached hydrogens (primary N) is 4. The molecule has 8 aromatic carbocycles. The van der Waals surface area contributed by atoms with Crippen molar-refractivity contribution in [1.82, 2.24) is 59.1 Å². The van der Waals surface area contributed by atoms with Crippen LogP contribution in [0.5, 0.6) is 0 Å². The molecule has 720 valence electrons. The number of aromatic nitrogens is 12. The summed E-state index contributed by atoms with van der Waals surface area (Å²) in [5, 5.41) is 24.7. The number of anilines is 4. The van der Waals surface area contributed by atoms with Crippen LogP contribution in [0.4, 0.5) is 93.0 Å². The van der Waals surface area contributed by atoms with Gasteiger partial charge in [0.25, 0.3) is 47.3 Å². The minimum Gasteiger partial charge on any atom is -0.364 e. The zero-order chi connectivity index (χ0) is 102. The predicted octanol–water partition coefficient (Wildman–Crippen LogP) is 19.4. The number of pyridine rings is 4. The van der Waals surface area contributed by atoms with Gasteiger partial charge in [-0.05, 0) is 150 Å². The largest absolute Gasteiger partial charge is 0.437 e. The molecule has 8 aromatic heterocycles. The molecule has 44 heteroatoms. The lowest BCUT2D eigenvalue weighted by molar-refractivity contribution is -0.141. The third-order valence-electron chi connectivity index (χ3n) is 22.3. The lowest BCUT2D eigenvalue weighted by Gasteiger charge is -2.15. The second-order valence-corrected chi connectivity index (χ2v) is 31.5. The van der Waals surface area contributed by atoms with E-state index < -0.39 is 165 Å². The first-order valence-corrected chi connectivity index (χ1v) is 41.6. The third-order valence-corrected chi connectivity index (χ3v) is 22.3. The van der Waals surface area contributed by atoms with E-state index in [4.69, 9.17) is 22.9 Å². The second kappa shape index (κ2) is 40.0. The first-order chi connectivity index (χ1) is 65.9. The van der Waals surface area contributed by atoms with Crippen molar-refractivity contribution in [3.8, 4) is 0 Å². The van der Waals surface area contributed by atoms with Crippen molar-refractivity contribution in [2.24, 2.45) is 22.9 Å². The molecule has 0 bridgehead atoms. The number of alkyl halides is 12. The Labute approximate surface area is 780 Å². The molecule has 8 heterocycles. The van der Waals surface area contributed by atoms with Crippen LogP contribution in [0.1, 0.15) is 203 Å². The zero-order valence-electron chi connectivity index (χ0n) is 74.1. The van der Waals surface area contributed by atoms with Crippen molar-refractivity contribution in [2.45, 2.75) is 104 Å². The second-order valence-electron chi connectivity index (χ2n) is 31.5. The number of amides is 8. The number of benzene rings is 8. The number of nitrogens with one attached hydrogen (secondary N) is 4. The topological polar surface area (TPSA) is 412 Å². The number of primary amides is 4. The van der Waals surface area contributed by atoms with E-state index in [0.717, 1.165) is 95.1 Å². The fraction of sp³-hybridized carbons (Fsp3) is 0.167. The van der Waals surface area contributed by atoms with Crippen LogP contribution < -0.4 is 44.2 Å². The van der Waals surface area contributed by atoms with Crippen LogP contribution in [-0.2, 0) is 24.7 Å². The monoisotopic (exact) mass is 1940 g/mol. The summed E-state index contributed by atoms with van der Waals surface area (Å²) in [6.07, 6.45) is -19.5. The lowest BCUT2D eigenvalue weighted by Crippen LogP contribution is -2.19. The molecule has 0 radical (unpaired) electrons. The highest BCUT2D eigenvalue weighted by atomic mass is 19.4. The normalized spacial score (nSPS) is 12.5. The Balaban J connectivity index is 0.000000157. The average Bonchev–Trinajstić information content (AvgIpc) is 1.69. The molecule has 12 N–H and O–H groups in total. The number of carbonyl (C=O) groups is 8. The van der Waals surface area contributed by atoms with Crippen LogP contribution >= 0.6 is 0 Å². The highest BCUT2D eigenvalue weighted by molar-refractivity contribution is 6.17. The Hall–Kier alpha value is -17.1. The molecule has 0 unspecified atom stereocenters. The van der Waals surface area contributed by atoms with Crippen LogP contribution in [-0.4, -0.2) is 106 Å². The molecule has 0 aliphatic heterocycles. The molecule has 0 aliphatic rings. The van der Waals surface area contributed by atoms with E-state index in [9.17, 15) is 109 Å². The van der Waals surface area contributed by atoms with Crippen LogP contribution in [0.2, 0.25) is 0 Å². The lowest BCUT2D eigenvalue weighted by atomic mass is 10.1. The van der Waals surface area contributed by atoms with E-state index in [1.54, 1.807) is 149 Å². The van der Waals surface area contributed by atoms with Gasteiger partial charge in [0.15, 0.2) is 22.8 Å². The van der Waals surface area contributed by atoms with E-state index >= 15 is 0 Å². The Bertz CT molecular complexity index is 6680. The predicted molar refractivity (Wildman–Crippen MR) is 482 cm³/mol. The van der Waals surface area contributed by atoms with Gasteiger partial charge in [0, 0.05) is 45.8 Å². The molecule has 0 spiro atoms. The molecule has 28 nitrogen and oxygen atoms in total. The van der Waals surface area contributed by atoms with Gasteiger partial charge in [-0.15, -0.1) is 0 Å². The number of hydrogen-bond acceptors (Lipinski definition) is 16. The number of halogens is 16. The van der Waals surface area contributed by atoms with Crippen molar-refractivity contribution in [3.63, 3.8) is 0 Å². The van der Waals surface area contributed by atoms with Crippen molar-refractivity contribution in [3.05, 3.63) is 354 Å². The molecule has 140 heavy (non-hydrogen) atoms. The smallest absolute Gasteiger partial charge is 0.364 e. The van der Waals surface area contributed by atoms with Gasteiger partial charge < -0.3 is 44.2 Å². The molecule has 4 atom stereocenters. The van der Waals surface area contributed by atoms with E-state index in [1.165, 1.54) is 70.7 Å². The van der Waals surface area contributed by atoms with Gasteiger partial charge in [0.05, 0.1) is 114 Å². The molecule has 16 rings (SSSR count). The number of rotatable bonds is 20. The van der Waals surface area contributed by atoms with Gasteiger partial charge in [-0.2, -0.15) is 73.1 Å². The Morgan fingerprint density at radius 1 is 0.271 bits per heavy atom. The Kier molecular flexibility index (Phi) is 28.7. The Morgan fingerprint density at radius 2 is 0.443 bits per heavy atom. The molecular weight excluding hydrogens is 1870 g/mol. The van der Waals surface area contributed by atoms with Gasteiger partial charge in [0.2, 0.25) is 0 Å². The fourth-order valence-electron chi connectivity index (χ4n) is 15.3. The van der Waals surface area contributed by atoms with Gasteiger partial charge in [-0.25, -0.2) is 37.5 Å². The number of hydrogen-bond donors (Lipinski definition) is 8. The first-order valence-electron chi connectivity index (χ1n) is 41.6. The van der Waals surface area contributed by atoms with Crippen molar-refractivity contribution >= 4 is 114 Å². The SMILES string of the molecule is Cc1c(NC(=O)c2cc(C(N)=O)nc3cc(F)ccc23)c(C(F)(F)F)nn1[C@@H](C)c1ccccc1.Cc1c(NC(=O)c2cc(C(N)=O)nc3cc(F)ccc23)c(C(F)(F)F)nn1[C@@H](C)c1ccccc1.Cc1c(NC(=O)c2cc(C(N)=O)nc3cc(F)ccc23)c(C(F)(F)F)nn1[C@H](C)c1ccccc1.Cc1c(NC(=O)c2cc(C(N)=O)nc3cc(F)ccc23)c(C(F)(F)F)nn1[C@H](C)c1ccccc1. The molecule has 0 aliphatic carbocycles. The van der Waals surface area contributed by atoms with Crippen LogP contribution in [0.3, 0.4) is 0 Å². The summed E-state index contributed by atoms with van der Waals surface area (Å²) in [5.74, 6) is -10.5. The summed E-state index contributed by atoms with van der Waals surface area (Å²) in [6.45, 7) is 12.4. The quantitative estimate of drug-likeness (QED) is 0.0329. The Morgan fingerprint density at radius 3 is 0.600 bits per heavy atom. The molecule has 0 fully saturated rings. The molecule has 8 amide bonds. The molecule has 16 aromatic rings. The van der Waals surface area contributed by atoms with Gasteiger partial charge in [-0.3, -0.25) is 57.1 Å². The maximum atomic E-state index is 13.9. The van der Waals surface area contributed by atoms with Crippen LogP contribution in [0.15, 0.2) is 218 Å². The zero-order valence-corrected chi connectivity index (χ0v) is 74.1. The van der Waals surface area contributed by atoms with Crippen molar-refractivity contribution < 1.29 is 109 Å².